The molecule has 0 amide bonds. The number of rotatable bonds is 2. The number of nitrogens with zero attached hydrogens (tertiary/aromatic N) is 1. The fourth-order valence-corrected chi connectivity index (χ4v) is 0.974. The second-order valence-electron chi connectivity index (χ2n) is 2.27. The van der Waals surface area contributed by atoms with Crippen LogP contribution in [0.15, 0.2) is 11.2 Å². The normalized spacial score (nSPS) is 13.3. The number of hydrogen-bond acceptors (Lipinski definition) is 4. The van der Waals surface area contributed by atoms with Crippen molar-refractivity contribution < 1.29 is 8.42 Å². The molecule has 0 heterocycles. The van der Waals surface area contributed by atoms with Gasteiger partial charge in [-0.15, -0.1) is 0 Å². The highest BCUT2D eigenvalue weighted by Crippen LogP contribution is 1.92. The first-order valence-corrected chi connectivity index (χ1v) is 4.63. The average Bonchev–Trinajstić information content (AvgIpc) is 1.60. The maximum Gasteiger partial charge on any atom is 0.172 e. The molecule has 0 radical (unpaired) electrons. The third kappa shape index (κ3) is 4.20. The lowest BCUT2D eigenvalue weighted by molar-refractivity contribution is 0.506. The van der Waals surface area contributed by atoms with Gasteiger partial charge in [-0.3, -0.25) is 0 Å². The fourth-order valence-electron chi connectivity index (χ4n) is 0.325. The van der Waals surface area contributed by atoms with Gasteiger partial charge in [0.05, 0.1) is 5.41 Å². The molecule has 5 heteroatoms. The highest BCUT2D eigenvalue weighted by molar-refractivity contribution is 7.93. The topological polar surface area (TPSA) is 63.4 Å². The quantitative estimate of drug-likeness (QED) is 0.589. The minimum Gasteiger partial charge on any atom is -0.385 e. The standard InChI is InChI=1S/C5H12N2O2S/c1-7(2)5(6)4-10(3,8)9/h4H,6H2,1-3H3/b5-4+. The van der Waals surface area contributed by atoms with E-state index in [1.807, 2.05) is 0 Å². The Labute approximate surface area is 61.2 Å². The van der Waals surface area contributed by atoms with Crippen LogP contribution < -0.4 is 5.73 Å². The predicted octanol–water partition coefficient (Wildman–Crippen LogP) is -0.650. The van der Waals surface area contributed by atoms with Crippen LogP contribution in [-0.2, 0) is 9.84 Å². The van der Waals surface area contributed by atoms with Gasteiger partial charge >= 0.3 is 0 Å². The van der Waals surface area contributed by atoms with E-state index in [9.17, 15) is 8.42 Å². The lowest BCUT2D eigenvalue weighted by atomic mass is 10.7. The Kier molecular flexibility index (Phi) is 2.71. The van der Waals surface area contributed by atoms with Gasteiger partial charge in [-0.25, -0.2) is 8.42 Å². The van der Waals surface area contributed by atoms with Crippen molar-refractivity contribution in [1.29, 1.82) is 0 Å². The van der Waals surface area contributed by atoms with Crippen LogP contribution in [0.25, 0.3) is 0 Å². The van der Waals surface area contributed by atoms with E-state index in [0.717, 1.165) is 11.7 Å². The lowest BCUT2D eigenvalue weighted by Gasteiger charge is -2.10. The first-order chi connectivity index (χ1) is 4.33. The maximum absolute atomic E-state index is 10.6. The second kappa shape index (κ2) is 2.92. The predicted molar refractivity (Wildman–Crippen MR) is 40.8 cm³/mol. The smallest absolute Gasteiger partial charge is 0.172 e. The van der Waals surface area contributed by atoms with Gasteiger partial charge in [0.25, 0.3) is 0 Å². The highest BCUT2D eigenvalue weighted by Gasteiger charge is 1.99. The summed E-state index contributed by atoms with van der Waals surface area (Å²) < 4.78 is 21.1. The van der Waals surface area contributed by atoms with Gasteiger partial charge in [0.2, 0.25) is 0 Å². The van der Waals surface area contributed by atoms with Gasteiger partial charge in [0.1, 0.15) is 5.82 Å². The van der Waals surface area contributed by atoms with Crippen molar-refractivity contribution in [2.75, 3.05) is 20.4 Å². The van der Waals surface area contributed by atoms with Crippen LogP contribution in [0.5, 0.6) is 0 Å². The Hall–Kier alpha value is -0.710. The van der Waals surface area contributed by atoms with Crippen molar-refractivity contribution in [3.8, 4) is 0 Å². The van der Waals surface area contributed by atoms with Crippen LogP contribution in [-0.4, -0.2) is 33.7 Å². The molecule has 0 aliphatic carbocycles. The molecule has 0 unspecified atom stereocenters. The second-order valence-corrected chi connectivity index (χ2v) is 4.16. The summed E-state index contributed by atoms with van der Waals surface area (Å²) in [6, 6.07) is 0. The van der Waals surface area contributed by atoms with Crippen LogP contribution in [0.4, 0.5) is 0 Å². The van der Waals surface area contributed by atoms with Crippen molar-refractivity contribution in [2.24, 2.45) is 5.73 Å². The van der Waals surface area contributed by atoms with E-state index >= 15 is 0 Å². The lowest BCUT2D eigenvalue weighted by Crippen LogP contribution is -2.19. The third-order valence-electron chi connectivity index (χ3n) is 0.851. The van der Waals surface area contributed by atoms with Crippen molar-refractivity contribution in [2.45, 2.75) is 0 Å². The summed E-state index contributed by atoms with van der Waals surface area (Å²) in [6.07, 6.45) is 1.10. The van der Waals surface area contributed by atoms with Gasteiger partial charge < -0.3 is 10.6 Å². The van der Waals surface area contributed by atoms with E-state index < -0.39 is 9.84 Å². The molecule has 0 spiro atoms. The molecule has 0 fully saturated rings. The SMILES string of the molecule is CN(C)/C(N)=C/S(C)(=O)=O. The van der Waals surface area contributed by atoms with Gasteiger partial charge in [-0.05, 0) is 0 Å². The number of sulfone groups is 1. The van der Waals surface area contributed by atoms with Crippen LogP contribution in [0.2, 0.25) is 0 Å². The average molecular weight is 164 g/mol. The zero-order chi connectivity index (χ0) is 8.36. The zero-order valence-electron chi connectivity index (χ0n) is 6.33. The molecule has 0 atom stereocenters. The van der Waals surface area contributed by atoms with Crippen molar-refractivity contribution in [3.05, 3.63) is 11.2 Å². The molecule has 0 bridgehead atoms. The van der Waals surface area contributed by atoms with E-state index in [1.54, 1.807) is 14.1 Å². The highest BCUT2D eigenvalue weighted by atomic mass is 32.2. The van der Waals surface area contributed by atoms with Crippen molar-refractivity contribution in [1.82, 2.24) is 4.90 Å². The molecule has 0 aromatic heterocycles. The van der Waals surface area contributed by atoms with Crippen LogP contribution >= 0.6 is 0 Å². The van der Waals surface area contributed by atoms with E-state index in [1.165, 1.54) is 4.90 Å². The summed E-state index contributed by atoms with van der Waals surface area (Å²) in [4.78, 5) is 1.53. The first-order valence-electron chi connectivity index (χ1n) is 2.67. The summed E-state index contributed by atoms with van der Waals surface area (Å²) in [5.74, 6) is 0.238. The minimum absolute atomic E-state index is 0.238. The van der Waals surface area contributed by atoms with E-state index in [-0.39, 0.29) is 5.82 Å². The van der Waals surface area contributed by atoms with E-state index in [0.29, 0.717) is 0 Å². The van der Waals surface area contributed by atoms with Gasteiger partial charge in [-0.2, -0.15) is 0 Å². The first kappa shape index (κ1) is 9.29. The molecule has 0 saturated heterocycles. The van der Waals surface area contributed by atoms with Crippen LogP contribution in [0.1, 0.15) is 0 Å². The summed E-state index contributed by atoms with van der Waals surface area (Å²) in [5, 5.41) is 1.02. The van der Waals surface area contributed by atoms with Crippen molar-refractivity contribution >= 4 is 9.84 Å². The molecule has 0 aromatic rings. The molecule has 0 saturated carbocycles. The summed E-state index contributed by atoms with van der Waals surface area (Å²) in [7, 11) is 0.258. The molecular formula is C5H12N2O2S. The monoisotopic (exact) mass is 164 g/mol. The molecule has 0 aliphatic heterocycles. The fraction of sp³-hybridized carbons (Fsp3) is 0.600. The van der Waals surface area contributed by atoms with Gasteiger partial charge in [-0.1, -0.05) is 0 Å². The Bertz CT molecular complexity index is 228. The molecule has 60 valence electrons. The summed E-state index contributed by atoms with van der Waals surface area (Å²) >= 11 is 0. The van der Waals surface area contributed by atoms with E-state index in [4.69, 9.17) is 5.73 Å². The Morgan fingerprint density at radius 1 is 1.50 bits per heavy atom. The molecular weight excluding hydrogens is 152 g/mol. The molecule has 4 nitrogen and oxygen atoms in total. The van der Waals surface area contributed by atoms with E-state index in [2.05, 4.69) is 0 Å². The summed E-state index contributed by atoms with van der Waals surface area (Å²) in [5.41, 5.74) is 5.31. The summed E-state index contributed by atoms with van der Waals surface area (Å²) in [6.45, 7) is 0. The van der Waals surface area contributed by atoms with Gasteiger partial charge in [0.15, 0.2) is 9.84 Å². The van der Waals surface area contributed by atoms with Crippen LogP contribution in [0, 0.1) is 0 Å². The Morgan fingerprint density at radius 3 is 2.00 bits per heavy atom. The number of hydrogen-bond donors (Lipinski definition) is 1. The third-order valence-corrected chi connectivity index (χ3v) is 1.52. The molecule has 0 aromatic carbocycles. The maximum atomic E-state index is 10.6. The Morgan fingerprint density at radius 2 is 1.90 bits per heavy atom. The largest absolute Gasteiger partial charge is 0.385 e. The molecule has 10 heavy (non-hydrogen) atoms. The molecule has 0 aliphatic rings. The Balaban J connectivity index is 4.49. The van der Waals surface area contributed by atoms with Gasteiger partial charge in [0, 0.05) is 20.4 Å². The molecule has 0 rings (SSSR count). The minimum atomic E-state index is -3.10. The molecule has 2 N–H and O–H groups in total. The zero-order valence-corrected chi connectivity index (χ0v) is 7.14. The number of nitrogens with two attached hydrogens (primary N) is 1. The van der Waals surface area contributed by atoms with Crippen LogP contribution in [0.3, 0.4) is 0 Å². The van der Waals surface area contributed by atoms with Crippen molar-refractivity contribution in [3.63, 3.8) is 0 Å².